The molecular weight excluding hydrogens is 286 g/mol. The number of fused-ring (bicyclic) bond motifs is 1. The average Bonchev–Trinajstić information content (AvgIpc) is 3.07. The van der Waals surface area contributed by atoms with Crippen molar-refractivity contribution in [1.82, 2.24) is 4.98 Å². The number of pyridine rings is 1. The highest BCUT2D eigenvalue weighted by atomic mass is 32.1. The van der Waals surface area contributed by atoms with Gasteiger partial charge in [0.25, 0.3) is 0 Å². The number of hydrogen-bond acceptors (Lipinski definition) is 2. The molecule has 1 aromatic carbocycles. The van der Waals surface area contributed by atoms with Crippen LogP contribution in [-0.2, 0) is 0 Å². The molecule has 2 heteroatoms. The molecule has 2 aromatic rings. The maximum absolute atomic E-state index is 4.74. The lowest BCUT2D eigenvalue weighted by atomic mass is 9.99. The molecule has 1 nitrogen and oxygen atoms in total. The third-order valence-corrected chi connectivity index (χ3v) is 4.72. The number of benzene rings is 1. The first kappa shape index (κ1) is 13.4. The number of hydrogen-bond donors (Lipinski definition) is 1. The molecule has 0 aliphatic heterocycles. The van der Waals surface area contributed by atoms with Crippen LogP contribution in [0.5, 0.6) is 0 Å². The summed E-state index contributed by atoms with van der Waals surface area (Å²) in [6, 6.07) is 14.6. The van der Waals surface area contributed by atoms with E-state index in [1.165, 1.54) is 33.4 Å². The zero-order chi connectivity index (χ0) is 15.1. The zero-order valence-corrected chi connectivity index (χ0v) is 13.1. The van der Waals surface area contributed by atoms with Gasteiger partial charge in [-0.05, 0) is 53.0 Å². The lowest BCUT2D eigenvalue weighted by Gasteiger charge is -2.07. The molecule has 22 heavy (non-hydrogen) atoms. The van der Waals surface area contributed by atoms with E-state index < -0.39 is 0 Å². The number of rotatable bonds is 2. The Morgan fingerprint density at radius 2 is 1.64 bits per heavy atom. The predicted molar refractivity (Wildman–Crippen MR) is 95.3 cm³/mol. The second kappa shape index (κ2) is 5.15. The average molecular weight is 301 g/mol. The van der Waals surface area contributed by atoms with Crippen LogP contribution in [0.1, 0.15) is 18.1 Å². The van der Waals surface area contributed by atoms with Crippen molar-refractivity contribution in [2.24, 2.45) is 0 Å². The predicted octanol–water partition coefficient (Wildman–Crippen LogP) is 5.08. The Morgan fingerprint density at radius 1 is 0.864 bits per heavy atom. The monoisotopic (exact) mass is 301 g/mol. The molecule has 2 aliphatic carbocycles. The molecule has 2 aliphatic rings. The van der Waals surface area contributed by atoms with Gasteiger partial charge in [0.15, 0.2) is 0 Å². The lowest BCUT2D eigenvalue weighted by molar-refractivity contribution is 1.31. The Labute approximate surface area is 135 Å². The summed E-state index contributed by atoms with van der Waals surface area (Å²) in [6.45, 7) is 2.12. The van der Waals surface area contributed by atoms with Crippen LogP contribution < -0.4 is 0 Å². The Hall–Kier alpha value is -2.32. The highest BCUT2D eigenvalue weighted by molar-refractivity contribution is 7.85. The second-order valence-corrected chi connectivity index (χ2v) is 5.99. The summed E-state index contributed by atoms with van der Waals surface area (Å²) in [4.78, 5) is 5.33. The summed E-state index contributed by atoms with van der Waals surface area (Å²) in [6.07, 6.45) is 8.22. The highest BCUT2D eigenvalue weighted by Crippen LogP contribution is 2.49. The molecule has 0 unspecified atom stereocenters. The molecule has 0 N–H and O–H groups in total. The van der Waals surface area contributed by atoms with Crippen LogP contribution in [0, 0.1) is 0 Å². The van der Waals surface area contributed by atoms with E-state index in [1.54, 1.807) is 6.20 Å². The van der Waals surface area contributed by atoms with Crippen molar-refractivity contribution in [2.75, 3.05) is 0 Å². The fourth-order valence-corrected chi connectivity index (χ4v) is 3.37. The Kier molecular flexibility index (Phi) is 3.12. The Bertz CT molecular complexity index is 868. The molecule has 4 rings (SSSR count). The van der Waals surface area contributed by atoms with E-state index in [1.807, 2.05) is 18.3 Å². The minimum absolute atomic E-state index is 1.07. The van der Waals surface area contributed by atoms with Gasteiger partial charge in [-0.25, -0.2) is 0 Å². The molecule has 0 radical (unpaired) electrons. The van der Waals surface area contributed by atoms with E-state index in [9.17, 15) is 0 Å². The van der Waals surface area contributed by atoms with E-state index >= 15 is 0 Å². The summed E-state index contributed by atoms with van der Waals surface area (Å²) in [5, 5.41) is 0. The van der Waals surface area contributed by atoms with Gasteiger partial charge in [0.1, 0.15) is 0 Å². The van der Waals surface area contributed by atoms with Crippen molar-refractivity contribution in [3.05, 3.63) is 99.8 Å². The summed E-state index contributed by atoms with van der Waals surface area (Å²) < 4.78 is 0. The summed E-state index contributed by atoms with van der Waals surface area (Å²) in [5.74, 6) is 0. The van der Waals surface area contributed by atoms with Crippen LogP contribution in [-0.4, -0.2) is 4.98 Å². The molecule has 0 spiro atoms. The van der Waals surface area contributed by atoms with Gasteiger partial charge in [0.2, 0.25) is 0 Å². The van der Waals surface area contributed by atoms with Crippen LogP contribution in [0.3, 0.4) is 0 Å². The number of aromatic nitrogens is 1. The number of thiol groups is 1. The van der Waals surface area contributed by atoms with Gasteiger partial charge >= 0.3 is 0 Å². The van der Waals surface area contributed by atoms with E-state index in [-0.39, 0.29) is 0 Å². The van der Waals surface area contributed by atoms with Crippen LogP contribution >= 0.6 is 12.6 Å². The molecule has 0 atom stereocenters. The molecular formula is C20H15NS. The molecule has 0 saturated carbocycles. The van der Waals surface area contributed by atoms with Crippen LogP contribution in [0.25, 0.3) is 11.1 Å². The molecule has 0 fully saturated rings. The van der Waals surface area contributed by atoms with E-state index in [0.29, 0.717) is 0 Å². The first-order valence-electron chi connectivity index (χ1n) is 7.30. The smallest absolute Gasteiger partial charge is 0.0346 e. The van der Waals surface area contributed by atoms with Crippen LogP contribution in [0.15, 0.2) is 88.6 Å². The van der Waals surface area contributed by atoms with Gasteiger partial charge in [-0.15, -0.1) is 12.6 Å². The summed E-state index contributed by atoms with van der Waals surface area (Å²) >= 11 is 4.74. The van der Waals surface area contributed by atoms with Crippen LogP contribution in [0.2, 0.25) is 0 Å². The normalized spacial score (nSPS) is 16.8. The van der Waals surface area contributed by atoms with Crippen molar-refractivity contribution in [3.8, 4) is 0 Å². The van der Waals surface area contributed by atoms with Gasteiger partial charge in [0, 0.05) is 28.4 Å². The maximum atomic E-state index is 4.74. The minimum atomic E-state index is 1.07. The lowest BCUT2D eigenvalue weighted by Crippen LogP contribution is -1.88. The quantitative estimate of drug-likeness (QED) is 0.764. The molecule has 0 bridgehead atoms. The van der Waals surface area contributed by atoms with E-state index in [0.717, 1.165) is 10.5 Å². The SMILES string of the molecule is CC1=C(S)C2=C(c3cccnc3)C=C(c3ccccc3)C2=C1. The fraction of sp³-hybridized carbons (Fsp3) is 0.0500. The summed E-state index contributed by atoms with van der Waals surface area (Å²) in [7, 11) is 0. The number of allylic oxidation sites excluding steroid dienone is 7. The maximum Gasteiger partial charge on any atom is 0.0346 e. The zero-order valence-electron chi connectivity index (χ0n) is 12.2. The van der Waals surface area contributed by atoms with Crippen molar-refractivity contribution in [3.63, 3.8) is 0 Å². The van der Waals surface area contributed by atoms with E-state index in [2.05, 4.69) is 54.4 Å². The third-order valence-electron chi connectivity index (χ3n) is 4.15. The minimum Gasteiger partial charge on any atom is -0.264 e. The highest BCUT2D eigenvalue weighted by Gasteiger charge is 2.29. The van der Waals surface area contributed by atoms with Gasteiger partial charge in [0.05, 0.1) is 0 Å². The number of nitrogens with zero attached hydrogens (tertiary/aromatic N) is 1. The van der Waals surface area contributed by atoms with Gasteiger partial charge in [-0.3, -0.25) is 4.98 Å². The first-order valence-corrected chi connectivity index (χ1v) is 7.75. The van der Waals surface area contributed by atoms with Crippen molar-refractivity contribution in [1.29, 1.82) is 0 Å². The van der Waals surface area contributed by atoms with Crippen LogP contribution in [0.4, 0.5) is 0 Å². The van der Waals surface area contributed by atoms with Crippen molar-refractivity contribution in [2.45, 2.75) is 6.92 Å². The second-order valence-electron chi connectivity index (χ2n) is 5.54. The Morgan fingerprint density at radius 3 is 2.36 bits per heavy atom. The first-order chi connectivity index (χ1) is 10.8. The molecule has 0 amide bonds. The molecule has 1 heterocycles. The van der Waals surface area contributed by atoms with E-state index in [4.69, 9.17) is 12.6 Å². The van der Waals surface area contributed by atoms with Gasteiger partial charge in [-0.2, -0.15) is 0 Å². The topological polar surface area (TPSA) is 12.9 Å². The molecule has 1 aromatic heterocycles. The van der Waals surface area contributed by atoms with Gasteiger partial charge < -0.3 is 0 Å². The van der Waals surface area contributed by atoms with Crippen molar-refractivity contribution >= 4 is 23.8 Å². The van der Waals surface area contributed by atoms with Crippen molar-refractivity contribution < 1.29 is 0 Å². The standard InChI is InChI=1S/C20H15NS/c1-13-10-18-16(14-6-3-2-4-7-14)11-17(19(18)20(13)22)15-8-5-9-21-12-15/h2-12,22H,1H3. The molecule has 0 saturated heterocycles. The summed E-state index contributed by atoms with van der Waals surface area (Å²) in [5.41, 5.74) is 8.56. The largest absolute Gasteiger partial charge is 0.264 e. The van der Waals surface area contributed by atoms with Gasteiger partial charge in [-0.1, -0.05) is 36.4 Å². The fourth-order valence-electron chi connectivity index (χ4n) is 3.07. The Balaban J connectivity index is 1.92. The molecule has 106 valence electrons. The third kappa shape index (κ3) is 1.99.